The summed E-state index contributed by atoms with van der Waals surface area (Å²) >= 11 is 0. The Kier molecular flexibility index (Phi) is 4.53. The molecule has 0 atom stereocenters. The summed E-state index contributed by atoms with van der Waals surface area (Å²) in [6, 6.07) is 32.2. The van der Waals surface area contributed by atoms with E-state index in [1.165, 1.54) is 16.7 Å². The summed E-state index contributed by atoms with van der Waals surface area (Å²) in [6.45, 7) is 4.51. The predicted molar refractivity (Wildman–Crippen MR) is 137 cm³/mol. The zero-order chi connectivity index (χ0) is 24.2. The molecule has 0 saturated heterocycles. The Labute approximate surface area is 203 Å². The molecule has 5 aromatic rings. The second-order valence-electron chi connectivity index (χ2n) is 9.33. The van der Waals surface area contributed by atoms with Gasteiger partial charge in [0.1, 0.15) is 0 Å². The van der Waals surface area contributed by atoms with Crippen LogP contribution in [0.3, 0.4) is 0 Å². The van der Waals surface area contributed by atoms with E-state index >= 15 is 0 Å². The average molecular weight is 449 g/mol. The highest BCUT2D eigenvalue weighted by molar-refractivity contribution is 5.96. The van der Waals surface area contributed by atoms with Crippen LogP contribution < -0.4 is 0 Å². The highest BCUT2D eigenvalue weighted by Crippen LogP contribution is 2.51. The first-order chi connectivity index (χ1) is 17.0. The average Bonchev–Trinajstić information content (AvgIpc) is 3.14. The molecule has 0 aliphatic heterocycles. The minimum Gasteiger partial charge on any atom is -0.228 e. The fourth-order valence-electron chi connectivity index (χ4n) is 5.25. The monoisotopic (exact) mass is 448 g/mol. The van der Waals surface area contributed by atoms with E-state index in [9.17, 15) is 10.5 Å². The second kappa shape index (κ2) is 7.62. The van der Waals surface area contributed by atoms with Gasteiger partial charge in [-0.25, -0.2) is 9.97 Å². The van der Waals surface area contributed by atoms with Gasteiger partial charge in [0.2, 0.25) is 0 Å². The van der Waals surface area contributed by atoms with Crippen LogP contribution in [0.1, 0.15) is 36.1 Å². The molecule has 164 valence electrons. The van der Waals surface area contributed by atoms with E-state index in [0.29, 0.717) is 22.6 Å². The number of fused-ring (bicyclic) bond motifs is 4. The quantitative estimate of drug-likeness (QED) is 0.291. The third-order valence-electron chi connectivity index (χ3n) is 6.92. The van der Waals surface area contributed by atoms with Gasteiger partial charge in [-0.3, -0.25) is 0 Å². The van der Waals surface area contributed by atoms with Gasteiger partial charge in [-0.1, -0.05) is 74.5 Å². The van der Waals surface area contributed by atoms with Crippen LogP contribution in [0.15, 0.2) is 84.9 Å². The first-order valence-corrected chi connectivity index (χ1v) is 11.5. The van der Waals surface area contributed by atoms with E-state index in [1.807, 2.05) is 24.3 Å². The highest BCUT2D eigenvalue weighted by Gasteiger charge is 2.37. The molecule has 0 amide bonds. The largest absolute Gasteiger partial charge is 0.228 e. The minimum absolute atomic E-state index is 0.121. The van der Waals surface area contributed by atoms with Crippen molar-refractivity contribution < 1.29 is 0 Å². The number of nitrogens with zero attached hydrogens (tertiary/aromatic N) is 4. The number of aromatic nitrogens is 2. The standard InChI is InChI=1S/C31H20N4/c1-31(2)25-11-5-3-8-22(25)28-24(10-7-12-26(28)31)30-34-27-13-6-4-9-23(27)29(35-30)21-15-19(17-32)14-20(16-21)18-33/h3-16H,1-2H3. The highest BCUT2D eigenvalue weighted by atomic mass is 14.9. The lowest BCUT2D eigenvalue weighted by Gasteiger charge is -2.21. The summed E-state index contributed by atoms with van der Waals surface area (Å²) in [5.41, 5.74) is 8.90. The Bertz CT molecular complexity index is 1720. The van der Waals surface area contributed by atoms with Gasteiger partial charge in [0.05, 0.1) is 34.5 Å². The van der Waals surface area contributed by atoms with E-state index in [1.54, 1.807) is 18.2 Å². The van der Waals surface area contributed by atoms with E-state index in [0.717, 1.165) is 27.6 Å². The molecule has 0 unspecified atom stereocenters. The van der Waals surface area contributed by atoms with Crippen molar-refractivity contribution in [3.63, 3.8) is 0 Å². The van der Waals surface area contributed by atoms with Gasteiger partial charge < -0.3 is 0 Å². The SMILES string of the molecule is CC1(C)c2ccccc2-c2c(-c3nc(-c4cc(C#N)cc(C#N)c4)c4ccccc4n3)cccc21. The molecule has 1 aliphatic rings. The summed E-state index contributed by atoms with van der Waals surface area (Å²) < 4.78 is 0. The maximum Gasteiger partial charge on any atom is 0.161 e. The maximum absolute atomic E-state index is 9.53. The second-order valence-corrected chi connectivity index (χ2v) is 9.33. The van der Waals surface area contributed by atoms with Crippen LogP contribution in [0.25, 0.3) is 44.7 Å². The van der Waals surface area contributed by atoms with E-state index in [2.05, 4.69) is 68.5 Å². The molecule has 1 heterocycles. The minimum atomic E-state index is -0.121. The number of hydrogen-bond acceptors (Lipinski definition) is 4. The Balaban J connectivity index is 1.67. The smallest absolute Gasteiger partial charge is 0.161 e. The van der Waals surface area contributed by atoms with Crippen LogP contribution in [0, 0.1) is 22.7 Å². The van der Waals surface area contributed by atoms with Crippen molar-refractivity contribution >= 4 is 10.9 Å². The van der Waals surface area contributed by atoms with Crippen LogP contribution in [0.5, 0.6) is 0 Å². The molecular formula is C31H20N4. The fourth-order valence-corrected chi connectivity index (χ4v) is 5.25. The zero-order valence-corrected chi connectivity index (χ0v) is 19.4. The van der Waals surface area contributed by atoms with E-state index < -0.39 is 0 Å². The fraction of sp³-hybridized carbons (Fsp3) is 0.0968. The Morgan fingerprint density at radius 1 is 0.686 bits per heavy atom. The number of benzene rings is 4. The number of nitriles is 2. The molecule has 1 aliphatic carbocycles. The normalized spacial score (nSPS) is 13.0. The summed E-state index contributed by atoms with van der Waals surface area (Å²) in [7, 11) is 0. The van der Waals surface area contributed by atoms with Crippen LogP contribution >= 0.6 is 0 Å². The Hall–Kier alpha value is -4.80. The van der Waals surface area contributed by atoms with Gasteiger partial charge >= 0.3 is 0 Å². The Morgan fingerprint density at radius 3 is 2.11 bits per heavy atom. The molecule has 0 fully saturated rings. The van der Waals surface area contributed by atoms with Gasteiger partial charge in [0.15, 0.2) is 5.82 Å². The van der Waals surface area contributed by atoms with Crippen molar-refractivity contribution in [2.24, 2.45) is 0 Å². The molecule has 1 aromatic heterocycles. The summed E-state index contributed by atoms with van der Waals surface area (Å²) in [5, 5.41) is 19.9. The third-order valence-corrected chi connectivity index (χ3v) is 6.92. The van der Waals surface area contributed by atoms with Crippen molar-refractivity contribution in [3.05, 3.63) is 107 Å². The molecule has 0 saturated carbocycles. The predicted octanol–water partition coefficient (Wildman–Crippen LogP) is 7.01. The van der Waals surface area contributed by atoms with Gasteiger partial charge in [0, 0.05) is 21.9 Å². The molecule has 0 N–H and O–H groups in total. The van der Waals surface area contributed by atoms with E-state index in [-0.39, 0.29) is 5.41 Å². The summed E-state index contributed by atoms with van der Waals surface area (Å²) in [4.78, 5) is 10.0. The van der Waals surface area contributed by atoms with Crippen molar-refractivity contribution in [1.82, 2.24) is 9.97 Å². The van der Waals surface area contributed by atoms with Crippen molar-refractivity contribution in [1.29, 1.82) is 10.5 Å². The molecule has 0 bridgehead atoms. The molecule has 0 radical (unpaired) electrons. The van der Waals surface area contributed by atoms with Crippen LogP contribution in [-0.2, 0) is 5.41 Å². The molecule has 6 rings (SSSR count). The maximum atomic E-state index is 9.53. The molecule has 35 heavy (non-hydrogen) atoms. The summed E-state index contributed by atoms with van der Waals surface area (Å²) in [6.07, 6.45) is 0. The molecule has 4 aromatic carbocycles. The molecule has 4 nitrogen and oxygen atoms in total. The zero-order valence-electron chi connectivity index (χ0n) is 19.4. The van der Waals surface area contributed by atoms with Gasteiger partial charge in [0.25, 0.3) is 0 Å². The molecule has 4 heteroatoms. The Morgan fingerprint density at radius 2 is 1.34 bits per heavy atom. The van der Waals surface area contributed by atoms with Gasteiger partial charge in [-0.15, -0.1) is 0 Å². The van der Waals surface area contributed by atoms with Crippen molar-refractivity contribution in [3.8, 4) is 45.9 Å². The first kappa shape index (κ1) is 20.8. The lowest BCUT2D eigenvalue weighted by atomic mass is 9.82. The first-order valence-electron chi connectivity index (χ1n) is 11.5. The van der Waals surface area contributed by atoms with E-state index in [4.69, 9.17) is 9.97 Å². The third kappa shape index (κ3) is 3.12. The number of para-hydroxylation sites is 1. The van der Waals surface area contributed by atoms with Crippen molar-refractivity contribution in [2.45, 2.75) is 19.3 Å². The van der Waals surface area contributed by atoms with Crippen LogP contribution in [-0.4, -0.2) is 9.97 Å². The number of hydrogen-bond donors (Lipinski definition) is 0. The van der Waals surface area contributed by atoms with Gasteiger partial charge in [-0.2, -0.15) is 10.5 Å². The number of rotatable bonds is 2. The lowest BCUT2D eigenvalue weighted by molar-refractivity contribution is 0.660. The summed E-state index contributed by atoms with van der Waals surface area (Å²) in [5.74, 6) is 0.629. The van der Waals surface area contributed by atoms with Crippen LogP contribution in [0.4, 0.5) is 0 Å². The topological polar surface area (TPSA) is 73.4 Å². The van der Waals surface area contributed by atoms with Crippen LogP contribution in [0.2, 0.25) is 0 Å². The van der Waals surface area contributed by atoms with Crippen molar-refractivity contribution in [2.75, 3.05) is 0 Å². The molecule has 0 spiro atoms. The van der Waals surface area contributed by atoms with Gasteiger partial charge in [-0.05, 0) is 46.5 Å². The molecular weight excluding hydrogens is 428 g/mol. The lowest BCUT2D eigenvalue weighted by Crippen LogP contribution is -2.14.